The van der Waals surface area contributed by atoms with Crippen molar-refractivity contribution in [1.29, 1.82) is 0 Å². The number of rotatable bonds is 2. The van der Waals surface area contributed by atoms with Crippen molar-refractivity contribution in [1.82, 2.24) is 4.90 Å². The first kappa shape index (κ1) is 12.8. The van der Waals surface area contributed by atoms with Crippen LogP contribution in [0.5, 0.6) is 0 Å². The van der Waals surface area contributed by atoms with Gasteiger partial charge in [-0.05, 0) is 30.3 Å². The molecule has 0 saturated heterocycles. The van der Waals surface area contributed by atoms with E-state index in [0.29, 0.717) is 0 Å². The number of allylic oxidation sites excluding steroid dienone is 2. The molecule has 0 aliphatic carbocycles. The smallest absolute Gasteiger partial charge is 0.0717 e. The molecule has 1 aliphatic heterocycles. The predicted molar refractivity (Wildman–Crippen MR) is 65.1 cm³/mol. The number of hydrogen-bond acceptors (Lipinski definition) is 1. The van der Waals surface area contributed by atoms with Gasteiger partial charge in [-0.2, -0.15) is 0 Å². The Kier molecular flexibility index (Phi) is 5.70. The summed E-state index contributed by atoms with van der Waals surface area (Å²) in [6.07, 6.45) is 8.00. The van der Waals surface area contributed by atoms with E-state index in [4.69, 9.17) is 0 Å². The van der Waals surface area contributed by atoms with Gasteiger partial charge in [-0.1, -0.05) is 32.6 Å². The van der Waals surface area contributed by atoms with Crippen molar-refractivity contribution in [3.05, 3.63) is 48.7 Å². The Morgan fingerprint density at radius 3 is 2.29 bits per heavy atom. The molecule has 0 bridgehead atoms. The topological polar surface area (TPSA) is 3.24 Å². The normalized spacial score (nSPS) is 20.0. The van der Waals surface area contributed by atoms with Gasteiger partial charge in [-0.3, -0.25) is 0 Å². The second-order valence-electron chi connectivity index (χ2n) is 3.00. The number of likely N-dealkylation sites (N-methyl/N-ethyl adjacent to an activating group) is 1. The van der Waals surface area contributed by atoms with Crippen molar-refractivity contribution in [3.8, 4) is 0 Å². The van der Waals surface area contributed by atoms with Crippen molar-refractivity contribution in [2.45, 2.75) is 26.8 Å². The fraction of sp³-hybridized carbons (Fsp3) is 0.385. The highest BCUT2D eigenvalue weighted by Gasteiger charge is 2.15. The molecule has 1 atom stereocenters. The second-order valence-corrected chi connectivity index (χ2v) is 3.00. The van der Waals surface area contributed by atoms with Gasteiger partial charge < -0.3 is 4.90 Å². The van der Waals surface area contributed by atoms with Gasteiger partial charge in [-0.25, -0.2) is 0 Å². The predicted octanol–water partition coefficient (Wildman–Crippen LogP) is 3.53. The van der Waals surface area contributed by atoms with Crippen LogP contribution < -0.4 is 0 Å². The maximum absolute atomic E-state index is 3.81. The quantitative estimate of drug-likeness (QED) is 0.604. The minimum absolute atomic E-state index is 0.285. The molecule has 0 spiro atoms. The van der Waals surface area contributed by atoms with E-state index in [2.05, 4.69) is 37.3 Å². The first-order valence-electron chi connectivity index (χ1n) is 5.06. The van der Waals surface area contributed by atoms with Gasteiger partial charge in [0.15, 0.2) is 0 Å². The summed E-state index contributed by atoms with van der Waals surface area (Å²) in [4.78, 5) is 2.12. The zero-order chi connectivity index (χ0) is 11.1. The molecule has 0 aromatic carbocycles. The summed E-state index contributed by atoms with van der Waals surface area (Å²) in [5, 5.41) is 0. The van der Waals surface area contributed by atoms with E-state index in [1.165, 1.54) is 11.1 Å². The third-order valence-electron chi connectivity index (χ3n) is 2.22. The van der Waals surface area contributed by atoms with Crippen LogP contribution in [-0.4, -0.2) is 18.0 Å². The molecule has 0 aromatic rings. The molecular weight excluding hydrogens is 170 g/mol. The Hall–Kier alpha value is -1.24. The maximum Gasteiger partial charge on any atom is 0.0717 e. The lowest BCUT2D eigenvalue weighted by Gasteiger charge is -2.29. The molecule has 1 heterocycles. The highest BCUT2D eigenvalue weighted by Crippen LogP contribution is 2.21. The van der Waals surface area contributed by atoms with Crippen LogP contribution >= 0.6 is 0 Å². The SMILES string of the molecule is C=CC1=C(C)C=CN(C)C1C=C.CC. The zero-order valence-electron chi connectivity index (χ0n) is 9.75. The summed E-state index contributed by atoms with van der Waals surface area (Å²) in [5.74, 6) is 0. The molecule has 1 unspecified atom stereocenters. The van der Waals surface area contributed by atoms with Crippen molar-refractivity contribution < 1.29 is 0 Å². The van der Waals surface area contributed by atoms with Crippen molar-refractivity contribution in [2.24, 2.45) is 0 Å². The Morgan fingerprint density at radius 2 is 1.93 bits per heavy atom. The molecule has 0 fully saturated rings. The van der Waals surface area contributed by atoms with Gasteiger partial charge in [0.25, 0.3) is 0 Å². The molecule has 1 nitrogen and oxygen atoms in total. The molecule has 0 amide bonds. The van der Waals surface area contributed by atoms with Crippen LogP contribution in [0, 0.1) is 0 Å². The summed E-state index contributed by atoms with van der Waals surface area (Å²) in [7, 11) is 2.04. The Morgan fingerprint density at radius 1 is 1.36 bits per heavy atom. The fourth-order valence-corrected chi connectivity index (χ4v) is 1.45. The lowest BCUT2D eigenvalue weighted by Crippen LogP contribution is -2.29. The van der Waals surface area contributed by atoms with E-state index in [1.54, 1.807) is 0 Å². The van der Waals surface area contributed by atoms with Crippen LogP contribution in [0.4, 0.5) is 0 Å². The third kappa shape index (κ3) is 2.63. The standard InChI is InChI=1S/C11H15N.C2H6/c1-5-10-9(3)7-8-12(4)11(10)6-2;1-2/h5-8,11H,1-2H2,3-4H3;1-2H3. The van der Waals surface area contributed by atoms with E-state index in [-0.39, 0.29) is 6.04 Å². The summed E-state index contributed by atoms with van der Waals surface area (Å²) >= 11 is 0. The summed E-state index contributed by atoms with van der Waals surface area (Å²) in [5.41, 5.74) is 2.52. The van der Waals surface area contributed by atoms with E-state index >= 15 is 0 Å². The van der Waals surface area contributed by atoms with Crippen LogP contribution in [0.1, 0.15) is 20.8 Å². The lowest BCUT2D eigenvalue weighted by atomic mass is 9.98. The molecule has 14 heavy (non-hydrogen) atoms. The molecule has 1 aliphatic rings. The summed E-state index contributed by atoms with van der Waals surface area (Å²) in [6, 6.07) is 0.285. The summed E-state index contributed by atoms with van der Waals surface area (Å²) in [6.45, 7) is 13.7. The van der Waals surface area contributed by atoms with Crippen LogP contribution in [-0.2, 0) is 0 Å². The minimum atomic E-state index is 0.285. The highest BCUT2D eigenvalue weighted by molar-refractivity contribution is 5.40. The van der Waals surface area contributed by atoms with Gasteiger partial charge >= 0.3 is 0 Å². The van der Waals surface area contributed by atoms with E-state index in [9.17, 15) is 0 Å². The zero-order valence-corrected chi connectivity index (χ0v) is 9.75. The first-order valence-corrected chi connectivity index (χ1v) is 5.06. The van der Waals surface area contributed by atoms with Gasteiger partial charge in [0.05, 0.1) is 6.04 Å². The van der Waals surface area contributed by atoms with E-state index in [0.717, 1.165) is 0 Å². The molecule has 0 aromatic heterocycles. The average molecular weight is 191 g/mol. The Balaban J connectivity index is 0.000000791. The van der Waals surface area contributed by atoms with E-state index < -0.39 is 0 Å². The minimum Gasteiger partial charge on any atom is -0.370 e. The Labute approximate surface area is 88.1 Å². The van der Waals surface area contributed by atoms with Crippen LogP contribution in [0.2, 0.25) is 0 Å². The fourth-order valence-electron chi connectivity index (χ4n) is 1.45. The van der Waals surface area contributed by atoms with Crippen LogP contribution in [0.25, 0.3) is 0 Å². The van der Waals surface area contributed by atoms with Crippen molar-refractivity contribution in [3.63, 3.8) is 0 Å². The number of nitrogens with zero attached hydrogens (tertiary/aromatic N) is 1. The molecule has 0 N–H and O–H groups in total. The van der Waals surface area contributed by atoms with Gasteiger partial charge in [0.1, 0.15) is 0 Å². The molecule has 0 radical (unpaired) electrons. The van der Waals surface area contributed by atoms with Gasteiger partial charge in [-0.15, -0.1) is 6.58 Å². The number of hydrogen-bond donors (Lipinski definition) is 0. The molecule has 1 rings (SSSR count). The molecular formula is C13H21N. The summed E-state index contributed by atoms with van der Waals surface area (Å²) < 4.78 is 0. The first-order chi connectivity index (χ1) is 6.70. The largest absolute Gasteiger partial charge is 0.370 e. The van der Waals surface area contributed by atoms with Gasteiger partial charge in [0.2, 0.25) is 0 Å². The maximum atomic E-state index is 3.81. The monoisotopic (exact) mass is 191 g/mol. The van der Waals surface area contributed by atoms with Crippen molar-refractivity contribution in [2.75, 3.05) is 7.05 Å². The second kappa shape index (κ2) is 6.25. The molecule has 0 saturated carbocycles. The van der Waals surface area contributed by atoms with Crippen LogP contribution in [0.15, 0.2) is 48.7 Å². The van der Waals surface area contributed by atoms with E-state index in [1.807, 2.05) is 33.0 Å². The van der Waals surface area contributed by atoms with Crippen LogP contribution in [0.3, 0.4) is 0 Å². The van der Waals surface area contributed by atoms with Crippen molar-refractivity contribution >= 4 is 0 Å². The lowest BCUT2D eigenvalue weighted by molar-refractivity contribution is 0.421. The Bertz CT molecular complexity index is 258. The molecule has 1 heteroatoms. The van der Waals surface area contributed by atoms with Gasteiger partial charge in [0, 0.05) is 7.05 Å². The third-order valence-corrected chi connectivity index (χ3v) is 2.22. The highest BCUT2D eigenvalue weighted by atomic mass is 15.1. The molecule has 78 valence electrons. The average Bonchev–Trinajstić information content (AvgIpc) is 2.24.